The minimum Gasteiger partial charge on any atom is -0.497 e. The third kappa shape index (κ3) is 4.42. The number of nitrogens with two attached hydrogens (primary N) is 1. The number of nitrogen functional groups attached to an aromatic ring is 1. The molecule has 0 bridgehead atoms. The molecule has 0 aliphatic heterocycles. The summed E-state index contributed by atoms with van der Waals surface area (Å²) in [6.07, 6.45) is 0. The molecule has 0 spiro atoms. The van der Waals surface area contributed by atoms with Crippen molar-refractivity contribution < 1.29 is 14.6 Å². The average molecular weight is 512 g/mol. The number of hydrogen-bond donors (Lipinski definition) is 3. The average Bonchev–Trinajstić information content (AvgIpc) is 3.32. The van der Waals surface area contributed by atoms with Gasteiger partial charge in [0.15, 0.2) is 11.2 Å². The molecule has 5 aromatic rings. The van der Waals surface area contributed by atoms with E-state index in [4.69, 9.17) is 20.2 Å². The largest absolute Gasteiger partial charge is 0.497 e. The van der Waals surface area contributed by atoms with E-state index in [1.807, 2.05) is 65.2 Å². The molecule has 0 aliphatic rings. The molecule has 0 atom stereocenters. The topological polar surface area (TPSA) is 128 Å². The molecule has 5 rings (SSSR count). The van der Waals surface area contributed by atoms with Crippen molar-refractivity contribution in [1.29, 1.82) is 0 Å². The van der Waals surface area contributed by atoms with Gasteiger partial charge in [0.25, 0.3) is 5.56 Å². The number of hydrogen-bond acceptors (Lipinski definition) is 7. The Morgan fingerprint density at radius 3 is 2.08 bits per heavy atom. The number of benzene rings is 3. The predicted molar refractivity (Wildman–Crippen MR) is 145 cm³/mol. The van der Waals surface area contributed by atoms with Crippen LogP contribution in [0.25, 0.3) is 11.2 Å². The van der Waals surface area contributed by atoms with Crippen LogP contribution in [-0.2, 0) is 16.7 Å². The van der Waals surface area contributed by atoms with Gasteiger partial charge in [-0.15, -0.1) is 0 Å². The quantitative estimate of drug-likeness (QED) is 0.194. The van der Waals surface area contributed by atoms with E-state index in [1.165, 1.54) is 0 Å². The minimum absolute atomic E-state index is 0.000876. The lowest BCUT2D eigenvalue weighted by Gasteiger charge is -2.36. The van der Waals surface area contributed by atoms with E-state index in [2.05, 4.69) is 34.2 Å². The van der Waals surface area contributed by atoms with Gasteiger partial charge in [0.05, 0.1) is 26.9 Å². The van der Waals surface area contributed by atoms with Crippen molar-refractivity contribution in [3.8, 4) is 5.75 Å². The van der Waals surface area contributed by atoms with E-state index in [-0.39, 0.29) is 31.3 Å². The first kappa shape index (κ1) is 25.2. The highest BCUT2D eigenvalue weighted by Crippen LogP contribution is 2.45. The van der Waals surface area contributed by atoms with Gasteiger partial charge >= 0.3 is 0 Å². The highest BCUT2D eigenvalue weighted by atomic mass is 16.5. The van der Waals surface area contributed by atoms with Crippen molar-refractivity contribution >= 4 is 17.1 Å². The summed E-state index contributed by atoms with van der Waals surface area (Å²) < 4.78 is 13.0. The van der Waals surface area contributed by atoms with E-state index in [0.717, 1.165) is 22.4 Å². The first-order valence-corrected chi connectivity index (χ1v) is 12.3. The van der Waals surface area contributed by atoms with Gasteiger partial charge in [-0.3, -0.25) is 9.78 Å². The molecule has 0 radical (unpaired) electrons. The van der Waals surface area contributed by atoms with E-state index >= 15 is 0 Å². The fraction of sp³-hybridized carbons (Fsp3) is 0.207. The molecule has 0 saturated carbocycles. The highest BCUT2D eigenvalue weighted by Gasteiger charge is 2.43. The van der Waals surface area contributed by atoms with Crippen LogP contribution in [0, 0.1) is 0 Å². The monoisotopic (exact) mass is 511 g/mol. The van der Waals surface area contributed by atoms with Crippen molar-refractivity contribution in [2.75, 3.05) is 32.7 Å². The van der Waals surface area contributed by atoms with Crippen molar-refractivity contribution in [3.63, 3.8) is 0 Å². The summed E-state index contributed by atoms with van der Waals surface area (Å²) in [5, 5.41) is 9.21. The second kappa shape index (κ2) is 10.9. The molecule has 194 valence electrons. The van der Waals surface area contributed by atoms with E-state index in [0.29, 0.717) is 18.0 Å². The summed E-state index contributed by atoms with van der Waals surface area (Å²) in [6, 6.07) is 27.9. The molecule has 0 aliphatic carbocycles. The molecule has 0 fully saturated rings. The van der Waals surface area contributed by atoms with Crippen LogP contribution in [0.15, 0.2) is 89.7 Å². The van der Waals surface area contributed by atoms with Crippen molar-refractivity contribution in [2.24, 2.45) is 0 Å². The number of methoxy groups -OCH3 is 1. The molecule has 2 heterocycles. The number of rotatable bonds is 10. The number of fused-ring (bicyclic) bond motifs is 1. The fourth-order valence-electron chi connectivity index (χ4n) is 4.95. The van der Waals surface area contributed by atoms with Gasteiger partial charge in [-0.2, -0.15) is 4.98 Å². The van der Waals surface area contributed by atoms with E-state index in [1.54, 1.807) is 7.11 Å². The molecule has 2 aromatic heterocycles. The van der Waals surface area contributed by atoms with Crippen molar-refractivity contribution in [2.45, 2.75) is 12.0 Å². The molecular weight excluding hydrogens is 482 g/mol. The molecule has 0 saturated heterocycles. The number of aromatic nitrogens is 4. The molecule has 4 N–H and O–H groups in total. The Kier molecular flexibility index (Phi) is 7.21. The van der Waals surface area contributed by atoms with Crippen LogP contribution in [-0.4, -0.2) is 51.6 Å². The number of nitrogens with zero attached hydrogens (tertiary/aromatic N) is 3. The molecule has 38 heavy (non-hydrogen) atoms. The lowest BCUT2D eigenvalue weighted by Crippen LogP contribution is -2.35. The first-order valence-electron chi connectivity index (χ1n) is 12.3. The lowest BCUT2D eigenvalue weighted by atomic mass is 9.68. The Morgan fingerprint density at radius 1 is 0.895 bits per heavy atom. The Balaban J connectivity index is 1.90. The SMILES string of the molecule is COc1ccc(C(c2ccccc2)(c2ccccc2)c2nc3c(=O)[nH]c(N)nc3n2CCOCCO)cc1. The zero-order chi connectivity index (χ0) is 26.5. The Labute approximate surface area is 219 Å². The van der Waals surface area contributed by atoms with Gasteiger partial charge in [0, 0.05) is 6.54 Å². The number of aliphatic hydroxyl groups is 1. The molecule has 0 amide bonds. The van der Waals surface area contributed by atoms with E-state index in [9.17, 15) is 9.90 Å². The molecule has 9 nitrogen and oxygen atoms in total. The fourth-order valence-corrected chi connectivity index (χ4v) is 4.95. The minimum atomic E-state index is -0.937. The Morgan fingerprint density at radius 2 is 1.50 bits per heavy atom. The second-order valence-electron chi connectivity index (χ2n) is 8.76. The van der Waals surface area contributed by atoms with Crippen LogP contribution >= 0.6 is 0 Å². The standard InChI is InChI=1S/C29H29N5O4/c1-37-23-14-12-22(13-15-23)29(20-8-4-2-5-9-20,21-10-6-3-7-11-21)27-31-24-25(32-28(30)33-26(24)36)34(27)16-18-38-19-17-35/h2-15,35H,16-19H2,1H3,(H3,30,32,33,36). The van der Waals surface area contributed by atoms with E-state index < -0.39 is 11.0 Å². The summed E-state index contributed by atoms with van der Waals surface area (Å²) in [5.41, 5.74) is 7.98. The third-order valence-corrected chi connectivity index (χ3v) is 6.59. The van der Waals surface area contributed by atoms with Crippen LogP contribution in [0.4, 0.5) is 5.95 Å². The number of H-pyrrole nitrogens is 1. The summed E-state index contributed by atoms with van der Waals surface area (Å²) in [7, 11) is 1.63. The number of aliphatic hydroxyl groups excluding tert-OH is 1. The summed E-state index contributed by atoms with van der Waals surface area (Å²) in [5.74, 6) is 1.31. The third-order valence-electron chi connectivity index (χ3n) is 6.59. The van der Waals surface area contributed by atoms with Crippen LogP contribution in [0.2, 0.25) is 0 Å². The smallest absolute Gasteiger partial charge is 0.280 e. The van der Waals surface area contributed by atoms with Gasteiger partial charge in [-0.25, -0.2) is 4.98 Å². The van der Waals surface area contributed by atoms with Gasteiger partial charge in [0.2, 0.25) is 5.95 Å². The molecule has 0 unspecified atom stereocenters. The number of anilines is 1. The molecular formula is C29H29N5O4. The normalized spacial score (nSPS) is 11.6. The van der Waals surface area contributed by atoms with Crippen LogP contribution < -0.4 is 16.0 Å². The first-order chi connectivity index (χ1) is 18.6. The van der Waals surface area contributed by atoms with Gasteiger partial charge < -0.3 is 24.9 Å². The van der Waals surface area contributed by atoms with Gasteiger partial charge in [-0.05, 0) is 28.8 Å². The summed E-state index contributed by atoms with van der Waals surface area (Å²) in [6.45, 7) is 0.709. The Bertz CT molecular complexity index is 1520. The number of ether oxygens (including phenoxy) is 2. The van der Waals surface area contributed by atoms with Crippen LogP contribution in [0.5, 0.6) is 5.75 Å². The van der Waals surface area contributed by atoms with Crippen molar-refractivity contribution in [3.05, 3.63) is 118 Å². The number of nitrogens with one attached hydrogen (secondary N) is 1. The van der Waals surface area contributed by atoms with Gasteiger partial charge in [0.1, 0.15) is 17.0 Å². The number of aromatic amines is 1. The predicted octanol–water partition coefficient (Wildman–Crippen LogP) is 3.10. The van der Waals surface area contributed by atoms with Gasteiger partial charge in [-0.1, -0.05) is 72.8 Å². The summed E-state index contributed by atoms with van der Waals surface area (Å²) >= 11 is 0. The van der Waals surface area contributed by atoms with Crippen molar-refractivity contribution in [1.82, 2.24) is 19.5 Å². The second-order valence-corrected chi connectivity index (χ2v) is 8.76. The zero-order valence-electron chi connectivity index (χ0n) is 21.0. The lowest BCUT2D eigenvalue weighted by molar-refractivity contribution is 0.0868. The molecule has 3 aromatic carbocycles. The maximum atomic E-state index is 13.0. The van der Waals surface area contributed by atoms with Crippen LogP contribution in [0.3, 0.4) is 0 Å². The number of imidazole rings is 1. The maximum absolute atomic E-state index is 13.0. The molecule has 9 heteroatoms. The summed E-state index contributed by atoms with van der Waals surface area (Å²) in [4.78, 5) is 25.0. The highest BCUT2D eigenvalue weighted by molar-refractivity contribution is 5.74. The Hall–Kier alpha value is -4.47. The van der Waals surface area contributed by atoms with Crippen LogP contribution in [0.1, 0.15) is 22.5 Å². The maximum Gasteiger partial charge on any atom is 0.280 e. The zero-order valence-corrected chi connectivity index (χ0v) is 21.0.